The van der Waals surface area contributed by atoms with Gasteiger partial charge in [-0.25, -0.2) is 0 Å². The van der Waals surface area contributed by atoms with E-state index in [1.807, 2.05) is 58.0 Å². The summed E-state index contributed by atoms with van der Waals surface area (Å²) < 4.78 is 7.20. The summed E-state index contributed by atoms with van der Waals surface area (Å²) in [4.78, 5) is 19.2. The molecule has 1 amide bonds. The van der Waals surface area contributed by atoms with Crippen LogP contribution in [0.2, 0.25) is 0 Å². The normalized spacial score (nSPS) is 17.0. The van der Waals surface area contributed by atoms with Crippen molar-refractivity contribution in [2.75, 3.05) is 13.1 Å². The molecule has 4 aromatic rings. The lowest BCUT2D eigenvalue weighted by Gasteiger charge is -2.32. The number of hydrogen-bond acceptors (Lipinski definition) is 6. The minimum absolute atomic E-state index is 0.0248. The predicted octanol–water partition coefficient (Wildman–Crippen LogP) is 3.11. The maximum atomic E-state index is 13.1. The van der Waals surface area contributed by atoms with Crippen LogP contribution in [-0.2, 0) is 0 Å². The number of aryl methyl sites for hydroxylation is 1. The van der Waals surface area contributed by atoms with Crippen LogP contribution in [-0.4, -0.2) is 48.6 Å². The van der Waals surface area contributed by atoms with E-state index < -0.39 is 0 Å². The molecule has 1 atom stereocenters. The fraction of sp³-hybridized carbons (Fsp3) is 0.286. The lowest BCUT2D eigenvalue weighted by molar-refractivity contribution is 0.0704. The van der Waals surface area contributed by atoms with Crippen LogP contribution in [0.5, 0.6) is 0 Å². The second-order valence-corrected chi connectivity index (χ2v) is 7.30. The number of piperidine rings is 1. The number of benzene rings is 1. The first-order chi connectivity index (χ1) is 14.2. The molecule has 8 heteroatoms. The van der Waals surface area contributed by atoms with Gasteiger partial charge in [-0.3, -0.25) is 9.20 Å². The molecule has 146 valence electrons. The third-order valence-electron chi connectivity index (χ3n) is 5.32. The Balaban J connectivity index is 1.34. The molecular formula is C21H20N6O2. The Morgan fingerprint density at radius 1 is 1.14 bits per heavy atom. The molecule has 5 rings (SSSR count). The number of pyridine rings is 1. The zero-order chi connectivity index (χ0) is 19.8. The minimum atomic E-state index is 0.0248. The van der Waals surface area contributed by atoms with Crippen molar-refractivity contribution >= 4 is 11.6 Å². The third kappa shape index (κ3) is 3.26. The number of amides is 1. The molecule has 1 unspecified atom stereocenters. The van der Waals surface area contributed by atoms with Crippen LogP contribution >= 0.6 is 0 Å². The topological polar surface area (TPSA) is 89.4 Å². The smallest absolute Gasteiger partial charge is 0.257 e. The lowest BCUT2D eigenvalue weighted by atomic mass is 9.96. The Labute approximate surface area is 167 Å². The zero-order valence-corrected chi connectivity index (χ0v) is 16.0. The Morgan fingerprint density at radius 3 is 2.79 bits per heavy atom. The van der Waals surface area contributed by atoms with Crippen molar-refractivity contribution in [2.45, 2.75) is 25.7 Å². The summed E-state index contributed by atoms with van der Waals surface area (Å²) in [7, 11) is 0. The molecule has 0 aliphatic carbocycles. The first-order valence-electron chi connectivity index (χ1n) is 9.69. The number of carbonyl (C=O) groups excluding carboxylic acids is 1. The molecule has 3 aromatic heterocycles. The van der Waals surface area contributed by atoms with Gasteiger partial charge in [0.1, 0.15) is 5.82 Å². The Kier molecular flexibility index (Phi) is 4.31. The number of aromatic nitrogens is 5. The molecule has 1 fully saturated rings. The number of hydrogen-bond donors (Lipinski definition) is 0. The molecule has 0 radical (unpaired) electrons. The van der Waals surface area contributed by atoms with Crippen LogP contribution in [0.15, 0.2) is 53.2 Å². The van der Waals surface area contributed by atoms with E-state index in [1.54, 1.807) is 6.92 Å². The molecule has 0 saturated carbocycles. The first kappa shape index (κ1) is 17.5. The van der Waals surface area contributed by atoms with E-state index in [2.05, 4.69) is 20.3 Å². The molecule has 0 spiro atoms. The van der Waals surface area contributed by atoms with E-state index in [4.69, 9.17) is 4.52 Å². The highest BCUT2D eigenvalue weighted by Gasteiger charge is 2.28. The van der Waals surface area contributed by atoms with Crippen molar-refractivity contribution in [3.8, 4) is 11.5 Å². The molecule has 1 aliphatic rings. The fourth-order valence-corrected chi connectivity index (χ4v) is 3.86. The molecule has 29 heavy (non-hydrogen) atoms. The van der Waals surface area contributed by atoms with Crippen molar-refractivity contribution in [3.63, 3.8) is 0 Å². The van der Waals surface area contributed by atoms with Gasteiger partial charge in [0.05, 0.1) is 0 Å². The third-order valence-corrected chi connectivity index (χ3v) is 5.32. The molecule has 1 aliphatic heterocycles. The van der Waals surface area contributed by atoms with Gasteiger partial charge >= 0.3 is 0 Å². The van der Waals surface area contributed by atoms with E-state index in [9.17, 15) is 4.79 Å². The van der Waals surface area contributed by atoms with E-state index in [1.165, 1.54) is 0 Å². The maximum Gasteiger partial charge on any atom is 0.257 e. The van der Waals surface area contributed by atoms with E-state index in [-0.39, 0.29) is 11.8 Å². The average molecular weight is 388 g/mol. The van der Waals surface area contributed by atoms with Crippen LogP contribution in [0, 0.1) is 6.92 Å². The highest BCUT2D eigenvalue weighted by molar-refractivity contribution is 5.94. The van der Waals surface area contributed by atoms with Gasteiger partial charge in [-0.1, -0.05) is 11.2 Å². The van der Waals surface area contributed by atoms with Gasteiger partial charge in [0.15, 0.2) is 11.5 Å². The van der Waals surface area contributed by atoms with Gasteiger partial charge in [-0.15, -0.1) is 10.2 Å². The lowest BCUT2D eigenvalue weighted by Crippen LogP contribution is -2.39. The largest absolute Gasteiger partial charge is 0.338 e. The number of carbonyl (C=O) groups is 1. The summed E-state index contributed by atoms with van der Waals surface area (Å²) >= 11 is 0. The van der Waals surface area contributed by atoms with E-state index in [0.717, 1.165) is 36.4 Å². The second kappa shape index (κ2) is 7.12. The standard InChI is InChI=1S/C21H20N6O2/c1-14-22-20(29-25-14)15-7-9-16(10-8-15)21(28)26-11-4-5-17(13-26)19-24-23-18-6-2-3-12-27(18)19/h2-3,6-10,12,17H,4-5,11,13H2,1H3. The molecular weight excluding hydrogens is 368 g/mol. The van der Waals surface area contributed by atoms with Gasteiger partial charge in [0.25, 0.3) is 11.8 Å². The summed E-state index contributed by atoms with van der Waals surface area (Å²) in [6.07, 6.45) is 3.91. The Morgan fingerprint density at radius 2 is 2.00 bits per heavy atom. The zero-order valence-electron chi connectivity index (χ0n) is 16.0. The molecule has 0 N–H and O–H groups in total. The quantitative estimate of drug-likeness (QED) is 0.536. The van der Waals surface area contributed by atoms with Crippen LogP contribution in [0.1, 0.15) is 40.8 Å². The van der Waals surface area contributed by atoms with Crippen LogP contribution in [0.4, 0.5) is 0 Å². The summed E-state index contributed by atoms with van der Waals surface area (Å²) in [5.74, 6) is 2.15. The van der Waals surface area contributed by atoms with Crippen LogP contribution in [0.3, 0.4) is 0 Å². The maximum absolute atomic E-state index is 13.1. The van der Waals surface area contributed by atoms with Crippen molar-refractivity contribution in [2.24, 2.45) is 0 Å². The summed E-state index contributed by atoms with van der Waals surface area (Å²) in [6.45, 7) is 3.16. The van der Waals surface area contributed by atoms with Crippen molar-refractivity contribution in [1.29, 1.82) is 0 Å². The molecule has 8 nitrogen and oxygen atoms in total. The van der Waals surface area contributed by atoms with Gasteiger partial charge in [-0.05, 0) is 56.2 Å². The number of fused-ring (bicyclic) bond motifs is 1. The van der Waals surface area contributed by atoms with Crippen LogP contribution in [0.25, 0.3) is 17.1 Å². The highest BCUT2D eigenvalue weighted by atomic mass is 16.5. The number of likely N-dealkylation sites (tertiary alicyclic amines) is 1. The monoisotopic (exact) mass is 388 g/mol. The van der Waals surface area contributed by atoms with Gasteiger partial charge in [0, 0.05) is 36.3 Å². The van der Waals surface area contributed by atoms with Crippen molar-refractivity contribution in [1.82, 2.24) is 29.6 Å². The summed E-state index contributed by atoms with van der Waals surface area (Å²) in [5, 5.41) is 12.4. The minimum Gasteiger partial charge on any atom is -0.338 e. The van der Waals surface area contributed by atoms with Crippen molar-refractivity contribution in [3.05, 3.63) is 65.9 Å². The summed E-state index contributed by atoms with van der Waals surface area (Å²) in [5.41, 5.74) is 2.28. The Bertz CT molecular complexity index is 1160. The molecule has 1 saturated heterocycles. The van der Waals surface area contributed by atoms with Gasteiger partial charge in [0.2, 0.25) is 0 Å². The summed E-state index contributed by atoms with van der Waals surface area (Å²) in [6, 6.07) is 13.2. The van der Waals surface area contributed by atoms with Gasteiger partial charge < -0.3 is 9.42 Å². The highest BCUT2D eigenvalue weighted by Crippen LogP contribution is 2.27. The molecule has 4 heterocycles. The number of rotatable bonds is 3. The molecule has 1 aromatic carbocycles. The average Bonchev–Trinajstić information content (AvgIpc) is 3.40. The van der Waals surface area contributed by atoms with E-state index >= 15 is 0 Å². The number of nitrogens with zero attached hydrogens (tertiary/aromatic N) is 6. The van der Waals surface area contributed by atoms with Crippen molar-refractivity contribution < 1.29 is 9.32 Å². The first-order valence-corrected chi connectivity index (χ1v) is 9.69. The SMILES string of the molecule is Cc1noc(-c2ccc(C(=O)N3CCCC(c4nnc5ccccn45)C3)cc2)n1. The molecule has 0 bridgehead atoms. The van der Waals surface area contributed by atoms with Crippen LogP contribution < -0.4 is 0 Å². The fourth-order valence-electron chi connectivity index (χ4n) is 3.86. The predicted molar refractivity (Wildman–Crippen MR) is 105 cm³/mol. The van der Waals surface area contributed by atoms with Gasteiger partial charge in [-0.2, -0.15) is 4.98 Å². The van der Waals surface area contributed by atoms with E-state index in [0.29, 0.717) is 23.8 Å². The second-order valence-electron chi connectivity index (χ2n) is 7.30. The Hall–Kier alpha value is -3.55.